The number of aromatic nitrogens is 1. The molecule has 1 aromatic carbocycles. The molecule has 3 nitrogen and oxygen atoms in total. The number of pyridine rings is 1. The van der Waals surface area contributed by atoms with E-state index in [0.29, 0.717) is 11.5 Å². The summed E-state index contributed by atoms with van der Waals surface area (Å²) in [4.78, 5) is 6.00. The standard InChI is InChI=1S/C12H11BrFN3/c1-17(10-4-2-3-8(14)5-10)12-11(13)6-9(15)7-16-12/h2-7H,15H2,1H3. The highest BCUT2D eigenvalue weighted by atomic mass is 79.9. The fraction of sp³-hybridized carbons (Fsp3) is 0.0833. The maximum atomic E-state index is 13.1. The Balaban J connectivity index is 2.40. The van der Waals surface area contributed by atoms with Gasteiger partial charge in [-0.15, -0.1) is 0 Å². The summed E-state index contributed by atoms with van der Waals surface area (Å²) in [5, 5.41) is 0. The molecule has 0 unspecified atom stereocenters. The van der Waals surface area contributed by atoms with Gasteiger partial charge in [-0.05, 0) is 40.2 Å². The monoisotopic (exact) mass is 295 g/mol. The van der Waals surface area contributed by atoms with Crippen molar-refractivity contribution in [2.24, 2.45) is 0 Å². The molecule has 2 N–H and O–H groups in total. The fourth-order valence-corrected chi connectivity index (χ4v) is 2.13. The average molecular weight is 296 g/mol. The molecule has 0 radical (unpaired) electrons. The molecule has 0 spiro atoms. The Morgan fingerprint density at radius 2 is 2.12 bits per heavy atom. The third-order valence-electron chi connectivity index (χ3n) is 2.36. The van der Waals surface area contributed by atoms with E-state index in [2.05, 4.69) is 20.9 Å². The Labute approximate surface area is 107 Å². The SMILES string of the molecule is CN(c1cccc(F)c1)c1ncc(N)cc1Br. The number of nitrogens with two attached hydrogens (primary N) is 1. The zero-order valence-electron chi connectivity index (χ0n) is 9.19. The summed E-state index contributed by atoms with van der Waals surface area (Å²) in [6, 6.07) is 8.09. The van der Waals surface area contributed by atoms with E-state index < -0.39 is 0 Å². The molecule has 0 saturated heterocycles. The van der Waals surface area contributed by atoms with E-state index in [-0.39, 0.29) is 5.82 Å². The molecule has 2 aromatic rings. The van der Waals surface area contributed by atoms with E-state index >= 15 is 0 Å². The summed E-state index contributed by atoms with van der Waals surface area (Å²) >= 11 is 3.39. The van der Waals surface area contributed by atoms with Gasteiger partial charge in [-0.3, -0.25) is 0 Å². The second kappa shape index (κ2) is 4.71. The lowest BCUT2D eigenvalue weighted by atomic mass is 10.3. The molecule has 0 aliphatic carbocycles. The number of benzene rings is 1. The zero-order chi connectivity index (χ0) is 12.4. The van der Waals surface area contributed by atoms with Gasteiger partial charge in [0.2, 0.25) is 0 Å². The van der Waals surface area contributed by atoms with E-state index in [4.69, 9.17) is 5.73 Å². The lowest BCUT2D eigenvalue weighted by Gasteiger charge is -2.19. The molecule has 0 amide bonds. The van der Waals surface area contributed by atoms with Crippen molar-refractivity contribution in [2.45, 2.75) is 0 Å². The van der Waals surface area contributed by atoms with Crippen LogP contribution in [0, 0.1) is 5.82 Å². The van der Waals surface area contributed by atoms with Crippen molar-refractivity contribution >= 4 is 33.1 Å². The number of nitrogens with zero attached hydrogens (tertiary/aromatic N) is 2. The highest BCUT2D eigenvalue weighted by Crippen LogP contribution is 2.29. The summed E-state index contributed by atoms with van der Waals surface area (Å²) < 4.78 is 13.9. The van der Waals surface area contributed by atoms with Gasteiger partial charge < -0.3 is 10.6 Å². The lowest BCUT2D eigenvalue weighted by molar-refractivity contribution is 0.628. The molecule has 0 bridgehead atoms. The molecule has 88 valence electrons. The highest BCUT2D eigenvalue weighted by Gasteiger charge is 2.10. The first-order valence-electron chi connectivity index (χ1n) is 4.98. The van der Waals surface area contributed by atoms with Gasteiger partial charge in [0.25, 0.3) is 0 Å². The minimum atomic E-state index is -0.277. The second-order valence-electron chi connectivity index (χ2n) is 3.61. The second-order valence-corrected chi connectivity index (χ2v) is 4.47. The van der Waals surface area contributed by atoms with E-state index in [1.54, 1.807) is 23.2 Å². The average Bonchev–Trinajstić information content (AvgIpc) is 2.28. The molecule has 0 aliphatic rings. The van der Waals surface area contributed by atoms with Crippen LogP contribution in [0.15, 0.2) is 41.0 Å². The first-order valence-corrected chi connectivity index (χ1v) is 5.77. The maximum absolute atomic E-state index is 13.1. The van der Waals surface area contributed by atoms with Gasteiger partial charge in [-0.2, -0.15) is 0 Å². The molecule has 1 aromatic heterocycles. The maximum Gasteiger partial charge on any atom is 0.147 e. The predicted octanol–water partition coefficient (Wildman–Crippen LogP) is 3.33. The first kappa shape index (κ1) is 11.9. The third-order valence-corrected chi connectivity index (χ3v) is 2.94. The summed E-state index contributed by atoms with van der Waals surface area (Å²) in [5.74, 6) is 0.408. The molecular weight excluding hydrogens is 285 g/mol. The van der Waals surface area contributed by atoms with Gasteiger partial charge in [-0.1, -0.05) is 6.07 Å². The van der Waals surface area contributed by atoms with Gasteiger partial charge in [0.05, 0.1) is 16.4 Å². The Bertz CT molecular complexity index is 545. The largest absolute Gasteiger partial charge is 0.397 e. The van der Waals surface area contributed by atoms with Crippen LogP contribution in [-0.2, 0) is 0 Å². The molecule has 1 heterocycles. The van der Waals surface area contributed by atoms with Crippen LogP contribution >= 0.6 is 15.9 Å². The topological polar surface area (TPSA) is 42.2 Å². The summed E-state index contributed by atoms with van der Waals surface area (Å²) in [5.41, 5.74) is 6.92. The first-order chi connectivity index (χ1) is 8.08. The number of nitrogen functional groups attached to an aromatic ring is 1. The van der Waals surface area contributed by atoms with Gasteiger partial charge >= 0.3 is 0 Å². The highest BCUT2D eigenvalue weighted by molar-refractivity contribution is 9.10. The molecule has 5 heteroatoms. The van der Waals surface area contributed by atoms with Crippen molar-refractivity contribution < 1.29 is 4.39 Å². The van der Waals surface area contributed by atoms with Crippen LogP contribution < -0.4 is 10.6 Å². The van der Waals surface area contributed by atoms with E-state index in [1.807, 2.05) is 13.1 Å². The third kappa shape index (κ3) is 2.55. The summed E-state index contributed by atoms with van der Waals surface area (Å²) in [6.45, 7) is 0. The van der Waals surface area contributed by atoms with Crippen LogP contribution in [-0.4, -0.2) is 12.0 Å². The van der Waals surface area contributed by atoms with Crippen molar-refractivity contribution in [1.29, 1.82) is 0 Å². The Hall–Kier alpha value is -1.62. The number of anilines is 3. The van der Waals surface area contributed by atoms with Gasteiger partial charge in [0.1, 0.15) is 11.6 Å². The molecule has 2 rings (SSSR count). The molecular formula is C12H11BrFN3. The minimum absolute atomic E-state index is 0.277. The number of rotatable bonds is 2. The van der Waals surface area contributed by atoms with Gasteiger partial charge in [0.15, 0.2) is 0 Å². The van der Waals surface area contributed by atoms with Gasteiger partial charge in [0, 0.05) is 12.7 Å². The van der Waals surface area contributed by atoms with E-state index in [9.17, 15) is 4.39 Å². The molecule has 17 heavy (non-hydrogen) atoms. The van der Waals surface area contributed by atoms with Gasteiger partial charge in [-0.25, -0.2) is 9.37 Å². The minimum Gasteiger partial charge on any atom is -0.397 e. The van der Waals surface area contributed by atoms with Crippen molar-refractivity contribution in [3.05, 3.63) is 46.8 Å². The number of hydrogen-bond donors (Lipinski definition) is 1. The Morgan fingerprint density at radius 3 is 2.76 bits per heavy atom. The van der Waals surface area contributed by atoms with Crippen molar-refractivity contribution in [1.82, 2.24) is 4.98 Å². The normalized spacial score (nSPS) is 10.3. The van der Waals surface area contributed by atoms with Crippen molar-refractivity contribution in [3.63, 3.8) is 0 Å². The zero-order valence-corrected chi connectivity index (χ0v) is 10.8. The summed E-state index contributed by atoms with van der Waals surface area (Å²) in [7, 11) is 1.82. The van der Waals surface area contributed by atoms with Crippen molar-refractivity contribution in [3.8, 4) is 0 Å². The number of hydrogen-bond acceptors (Lipinski definition) is 3. The van der Waals surface area contributed by atoms with Crippen LogP contribution in [0.2, 0.25) is 0 Å². The lowest BCUT2D eigenvalue weighted by Crippen LogP contribution is -2.12. The van der Waals surface area contributed by atoms with Crippen LogP contribution in [0.1, 0.15) is 0 Å². The Morgan fingerprint density at radius 1 is 1.35 bits per heavy atom. The summed E-state index contributed by atoms with van der Waals surface area (Å²) in [6.07, 6.45) is 1.57. The molecule has 0 atom stereocenters. The van der Waals surface area contributed by atoms with Crippen LogP contribution in [0.3, 0.4) is 0 Å². The molecule has 0 saturated carbocycles. The van der Waals surface area contributed by atoms with E-state index in [0.717, 1.165) is 10.2 Å². The van der Waals surface area contributed by atoms with Crippen LogP contribution in [0.25, 0.3) is 0 Å². The predicted molar refractivity (Wildman–Crippen MR) is 70.8 cm³/mol. The van der Waals surface area contributed by atoms with Crippen LogP contribution in [0.4, 0.5) is 21.6 Å². The van der Waals surface area contributed by atoms with Crippen LogP contribution in [0.5, 0.6) is 0 Å². The van der Waals surface area contributed by atoms with Crippen molar-refractivity contribution in [2.75, 3.05) is 17.7 Å². The number of halogens is 2. The smallest absolute Gasteiger partial charge is 0.147 e. The quantitative estimate of drug-likeness (QED) is 0.924. The molecule has 0 fully saturated rings. The molecule has 0 aliphatic heterocycles. The fourth-order valence-electron chi connectivity index (χ4n) is 1.50. The van der Waals surface area contributed by atoms with E-state index in [1.165, 1.54) is 12.1 Å². The Kier molecular flexibility index (Phi) is 3.28.